The van der Waals surface area contributed by atoms with Gasteiger partial charge in [-0.15, -0.1) is 6.58 Å². The van der Waals surface area contributed by atoms with E-state index in [2.05, 4.69) is 47.0 Å². The Morgan fingerprint density at radius 2 is 1.75 bits per heavy atom. The first kappa shape index (κ1) is 11.9. The van der Waals surface area contributed by atoms with Gasteiger partial charge in [-0.25, -0.2) is 0 Å². The predicted octanol–water partition coefficient (Wildman–Crippen LogP) is 3.58. The van der Waals surface area contributed by atoms with E-state index in [1.807, 2.05) is 0 Å². The van der Waals surface area contributed by atoms with Crippen molar-refractivity contribution in [3.63, 3.8) is 0 Å². The second-order valence-electron chi connectivity index (χ2n) is 5.11. The molecule has 0 bridgehead atoms. The minimum Gasteiger partial charge on any atom is -0.412 e. The lowest BCUT2D eigenvalue weighted by Crippen LogP contribution is -2.38. The van der Waals surface area contributed by atoms with E-state index < -0.39 is 8.32 Å². The van der Waals surface area contributed by atoms with E-state index in [4.69, 9.17) is 4.43 Å². The fraction of sp³-hybridized carbons (Fsp3) is 0.800. The standard InChI is InChI=1S/C10H22OSi/c1-9(2)8-10(3,4)11-12(5,6)7/h1,8H2,2-7H3. The van der Waals surface area contributed by atoms with Crippen molar-refractivity contribution >= 4 is 8.32 Å². The molecule has 0 rings (SSSR count). The molecule has 12 heavy (non-hydrogen) atoms. The van der Waals surface area contributed by atoms with Crippen molar-refractivity contribution in [1.82, 2.24) is 0 Å². The van der Waals surface area contributed by atoms with Crippen LogP contribution in [0.25, 0.3) is 0 Å². The van der Waals surface area contributed by atoms with Crippen LogP contribution in [0.15, 0.2) is 12.2 Å². The zero-order valence-corrected chi connectivity index (χ0v) is 10.3. The summed E-state index contributed by atoms with van der Waals surface area (Å²) in [4.78, 5) is 0. The van der Waals surface area contributed by atoms with Crippen LogP contribution in [0.2, 0.25) is 19.6 Å². The van der Waals surface area contributed by atoms with Gasteiger partial charge < -0.3 is 4.43 Å². The maximum Gasteiger partial charge on any atom is 0.184 e. The van der Waals surface area contributed by atoms with E-state index in [0.717, 1.165) is 6.42 Å². The lowest BCUT2D eigenvalue weighted by atomic mass is 10.0. The van der Waals surface area contributed by atoms with Crippen molar-refractivity contribution in [3.8, 4) is 0 Å². The third-order valence-corrected chi connectivity index (χ3v) is 2.47. The highest BCUT2D eigenvalue weighted by atomic mass is 28.4. The molecule has 2 heteroatoms. The summed E-state index contributed by atoms with van der Waals surface area (Å²) in [7, 11) is -1.40. The van der Waals surface area contributed by atoms with Crippen LogP contribution in [0.1, 0.15) is 27.2 Å². The first-order valence-electron chi connectivity index (χ1n) is 4.47. The normalized spacial score (nSPS) is 13.2. The quantitative estimate of drug-likeness (QED) is 0.481. The van der Waals surface area contributed by atoms with Crippen LogP contribution in [0, 0.1) is 0 Å². The van der Waals surface area contributed by atoms with Gasteiger partial charge in [-0.05, 0) is 46.8 Å². The minimum absolute atomic E-state index is 0.0314. The summed E-state index contributed by atoms with van der Waals surface area (Å²) in [5, 5.41) is 0. The average molecular weight is 186 g/mol. The number of hydrogen-bond donors (Lipinski definition) is 0. The second-order valence-corrected chi connectivity index (χ2v) is 9.54. The third-order valence-electron chi connectivity index (χ3n) is 1.31. The van der Waals surface area contributed by atoms with Crippen molar-refractivity contribution in [3.05, 3.63) is 12.2 Å². The molecule has 0 saturated carbocycles. The molecule has 0 aliphatic carbocycles. The molecule has 0 spiro atoms. The van der Waals surface area contributed by atoms with Gasteiger partial charge in [-0.2, -0.15) is 0 Å². The van der Waals surface area contributed by atoms with Gasteiger partial charge >= 0.3 is 0 Å². The van der Waals surface area contributed by atoms with E-state index in [0.29, 0.717) is 0 Å². The Kier molecular flexibility index (Phi) is 3.73. The van der Waals surface area contributed by atoms with E-state index in [9.17, 15) is 0 Å². The van der Waals surface area contributed by atoms with Crippen molar-refractivity contribution < 1.29 is 4.43 Å². The first-order valence-corrected chi connectivity index (χ1v) is 7.88. The van der Waals surface area contributed by atoms with Gasteiger partial charge in [0.25, 0.3) is 0 Å². The zero-order valence-electron chi connectivity index (χ0n) is 9.32. The highest BCUT2D eigenvalue weighted by molar-refractivity contribution is 6.69. The largest absolute Gasteiger partial charge is 0.412 e. The summed E-state index contributed by atoms with van der Waals surface area (Å²) < 4.78 is 6.01. The Morgan fingerprint density at radius 3 is 2.00 bits per heavy atom. The Morgan fingerprint density at radius 1 is 1.33 bits per heavy atom. The SMILES string of the molecule is C=C(C)CC(C)(C)O[Si](C)(C)C. The zero-order chi connectivity index (χ0) is 9.99. The fourth-order valence-corrected chi connectivity index (χ4v) is 3.32. The molecular formula is C10H22OSi. The van der Waals surface area contributed by atoms with Gasteiger partial charge in [0.05, 0.1) is 5.60 Å². The summed E-state index contributed by atoms with van der Waals surface area (Å²) in [5.74, 6) is 0. The molecule has 0 N–H and O–H groups in total. The lowest BCUT2D eigenvalue weighted by Gasteiger charge is -2.33. The minimum atomic E-state index is -1.40. The van der Waals surface area contributed by atoms with Crippen molar-refractivity contribution in [2.75, 3.05) is 0 Å². The van der Waals surface area contributed by atoms with Crippen LogP contribution in [0.5, 0.6) is 0 Å². The molecule has 0 unspecified atom stereocenters. The Bertz CT molecular complexity index is 165. The molecule has 1 nitrogen and oxygen atoms in total. The summed E-state index contributed by atoms with van der Waals surface area (Å²) in [6.07, 6.45) is 0.956. The molecule has 0 heterocycles. The van der Waals surface area contributed by atoms with Gasteiger partial charge in [-0.1, -0.05) is 5.57 Å². The van der Waals surface area contributed by atoms with E-state index in [-0.39, 0.29) is 5.60 Å². The average Bonchev–Trinajstić information content (AvgIpc) is 1.48. The van der Waals surface area contributed by atoms with Gasteiger partial charge in [0.15, 0.2) is 8.32 Å². The molecule has 72 valence electrons. The van der Waals surface area contributed by atoms with Crippen molar-refractivity contribution in [2.24, 2.45) is 0 Å². The third kappa shape index (κ3) is 6.62. The molecule has 0 saturated heterocycles. The molecular weight excluding hydrogens is 164 g/mol. The lowest BCUT2D eigenvalue weighted by molar-refractivity contribution is 0.102. The van der Waals surface area contributed by atoms with E-state index in [1.165, 1.54) is 5.57 Å². The van der Waals surface area contributed by atoms with Gasteiger partial charge in [0.2, 0.25) is 0 Å². The summed E-state index contributed by atoms with van der Waals surface area (Å²) >= 11 is 0. The van der Waals surface area contributed by atoms with Crippen LogP contribution in [0.4, 0.5) is 0 Å². The van der Waals surface area contributed by atoms with Crippen LogP contribution in [-0.4, -0.2) is 13.9 Å². The molecule has 0 amide bonds. The maximum atomic E-state index is 6.01. The molecule has 0 radical (unpaired) electrons. The summed E-state index contributed by atoms with van der Waals surface area (Å²) in [5.41, 5.74) is 1.16. The number of rotatable bonds is 4. The maximum absolute atomic E-state index is 6.01. The Balaban J connectivity index is 4.13. The fourth-order valence-electron chi connectivity index (χ4n) is 1.59. The highest BCUT2D eigenvalue weighted by Crippen LogP contribution is 2.23. The van der Waals surface area contributed by atoms with Crippen LogP contribution >= 0.6 is 0 Å². The monoisotopic (exact) mass is 186 g/mol. The van der Waals surface area contributed by atoms with E-state index in [1.54, 1.807) is 0 Å². The topological polar surface area (TPSA) is 9.23 Å². The van der Waals surface area contributed by atoms with Crippen molar-refractivity contribution in [2.45, 2.75) is 52.4 Å². The molecule has 0 aromatic carbocycles. The predicted molar refractivity (Wildman–Crippen MR) is 57.9 cm³/mol. The summed E-state index contributed by atoms with van der Waals surface area (Å²) in [6, 6.07) is 0. The van der Waals surface area contributed by atoms with E-state index >= 15 is 0 Å². The highest BCUT2D eigenvalue weighted by Gasteiger charge is 2.26. The van der Waals surface area contributed by atoms with Gasteiger partial charge in [0.1, 0.15) is 0 Å². The number of hydrogen-bond acceptors (Lipinski definition) is 1. The first-order chi connectivity index (χ1) is 5.12. The smallest absolute Gasteiger partial charge is 0.184 e. The molecule has 0 aromatic rings. The molecule has 0 aromatic heterocycles. The molecule has 0 atom stereocenters. The summed E-state index contributed by atoms with van der Waals surface area (Å²) in [6.45, 7) is 16.9. The molecule has 0 fully saturated rings. The van der Waals surface area contributed by atoms with Gasteiger partial charge in [-0.3, -0.25) is 0 Å². The Hall–Kier alpha value is -0.0831. The van der Waals surface area contributed by atoms with Crippen LogP contribution in [-0.2, 0) is 4.43 Å². The van der Waals surface area contributed by atoms with Crippen LogP contribution in [0.3, 0.4) is 0 Å². The van der Waals surface area contributed by atoms with Crippen molar-refractivity contribution in [1.29, 1.82) is 0 Å². The molecule has 0 aliphatic rings. The van der Waals surface area contributed by atoms with Gasteiger partial charge in [0, 0.05) is 0 Å². The molecule has 0 aliphatic heterocycles. The second kappa shape index (κ2) is 3.75. The van der Waals surface area contributed by atoms with Crippen LogP contribution < -0.4 is 0 Å². The Labute approximate surface area is 78.0 Å².